The minimum absolute atomic E-state index is 0.0816. The fraction of sp³-hybridized carbons (Fsp3) is 0.444. The molecule has 2 atom stereocenters. The second-order valence-corrected chi connectivity index (χ2v) is 4.40. The molecule has 2 heterocycles. The molecule has 86 valence electrons. The van der Waals surface area contributed by atoms with Crippen LogP contribution in [0, 0.1) is 0 Å². The number of cyclic esters (lactones) is 1. The first kappa shape index (κ1) is 11.4. The highest BCUT2D eigenvalue weighted by Crippen LogP contribution is 2.25. The molecule has 5 nitrogen and oxygen atoms in total. The number of ether oxygens (including phenoxy) is 1. The van der Waals surface area contributed by atoms with Crippen LogP contribution < -0.4 is 4.90 Å². The van der Waals surface area contributed by atoms with E-state index in [1.54, 1.807) is 13.0 Å². The molecule has 0 aliphatic carbocycles. The van der Waals surface area contributed by atoms with Gasteiger partial charge in [-0.25, -0.2) is 14.8 Å². The van der Waals surface area contributed by atoms with Crippen LogP contribution in [0.1, 0.15) is 6.92 Å². The number of hydrogen-bond donors (Lipinski definition) is 0. The highest BCUT2D eigenvalue weighted by molar-refractivity contribution is 6.28. The first-order valence-corrected chi connectivity index (χ1v) is 5.49. The molecule has 1 fully saturated rings. The lowest BCUT2D eigenvalue weighted by atomic mass is 10.2. The minimum atomic E-state index is -0.465. The molecule has 0 aromatic carbocycles. The molecular weight excluding hydrogens is 253 g/mol. The number of alkyl halides is 1. The highest BCUT2D eigenvalue weighted by atomic mass is 35.5. The van der Waals surface area contributed by atoms with E-state index in [0.717, 1.165) is 0 Å². The number of halogens is 2. The lowest BCUT2D eigenvalue weighted by Crippen LogP contribution is -2.39. The molecule has 0 saturated carbocycles. The van der Waals surface area contributed by atoms with Gasteiger partial charge in [0.2, 0.25) is 5.28 Å². The lowest BCUT2D eigenvalue weighted by molar-refractivity contribution is 0.178. The van der Waals surface area contributed by atoms with Gasteiger partial charge in [0.05, 0.1) is 11.4 Å². The summed E-state index contributed by atoms with van der Waals surface area (Å²) in [6.07, 6.45) is 1.01. The van der Waals surface area contributed by atoms with E-state index < -0.39 is 6.09 Å². The Labute approximate surface area is 102 Å². The number of anilines is 1. The Morgan fingerprint density at radius 1 is 1.69 bits per heavy atom. The van der Waals surface area contributed by atoms with Gasteiger partial charge >= 0.3 is 6.09 Å². The maximum Gasteiger partial charge on any atom is 0.415 e. The number of hydrogen-bond acceptors (Lipinski definition) is 4. The summed E-state index contributed by atoms with van der Waals surface area (Å²) in [5.41, 5.74) is 0. The van der Waals surface area contributed by atoms with Crippen molar-refractivity contribution in [1.29, 1.82) is 0 Å². The average Bonchev–Trinajstić information content (AvgIpc) is 2.60. The minimum Gasteiger partial charge on any atom is -0.447 e. The molecule has 0 spiro atoms. The van der Waals surface area contributed by atoms with Crippen LogP contribution in [0.5, 0.6) is 0 Å². The van der Waals surface area contributed by atoms with Gasteiger partial charge in [0.15, 0.2) is 0 Å². The molecule has 0 N–H and O–H groups in total. The predicted octanol–water partition coefficient (Wildman–Crippen LogP) is 2.08. The fourth-order valence-electron chi connectivity index (χ4n) is 1.50. The largest absolute Gasteiger partial charge is 0.447 e. The molecule has 1 amide bonds. The normalized spacial score (nSPS) is 22.1. The van der Waals surface area contributed by atoms with Gasteiger partial charge in [-0.05, 0) is 24.6 Å². The van der Waals surface area contributed by atoms with Crippen molar-refractivity contribution < 1.29 is 9.53 Å². The number of carbonyl (C=O) groups excluding carboxylic acids is 1. The van der Waals surface area contributed by atoms with Crippen molar-refractivity contribution in [3.05, 3.63) is 17.5 Å². The second kappa shape index (κ2) is 4.43. The summed E-state index contributed by atoms with van der Waals surface area (Å²) in [4.78, 5) is 20.6. The van der Waals surface area contributed by atoms with Crippen LogP contribution >= 0.6 is 23.2 Å². The van der Waals surface area contributed by atoms with Crippen molar-refractivity contribution in [2.75, 3.05) is 11.5 Å². The smallest absolute Gasteiger partial charge is 0.415 e. The molecule has 2 rings (SSSR count). The van der Waals surface area contributed by atoms with Crippen molar-refractivity contribution in [3.63, 3.8) is 0 Å². The summed E-state index contributed by atoms with van der Waals surface area (Å²) in [5.74, 6) is 0.403. The Kier molecular flexibility index (Phi) is 3.16. The monoisotopic (exact) mass is 261 g/mol. The van der Waals surface area contributed by atoms with Gasteiger partial charge in [0.25, 0.3) is 0 Å². The van der Waals surface area contributed by atoms with E-state index in [1.807, 2.05) is 0 Å². The zero-order chi connectivity index (χ0) is 11.7. The van der Waals surface area contributed by atoms with Gasteiger partial charge in [0.1, 0.15) is 12.4 Å². The van der Waals surface area contributed by atoms with Crippen LogP contribution in [-0.2, 0) is 4.74 Å². The van der Waals surface area contributed by atoms with Crippen LogP contribution in [0.3, 0.4) is 0 Å². The van der Waals surface area contributed by atoms with E-state index in [0.29, 0.717) is 5.82 Å². The Hall–Kier alpha value is -1.07. The summed E-state index contributed by atoms with van der Waals surface area (Å²) in [7, 11) is 0. The van der Waals surface area contributed by atoms with E-state index in [1.165, 1.54) is 11.1 Å². The Morgan fingerprint density at radius 2 is 2.44 bits per heavy atom. The van der Waals surface area contributed by atoms with Crippen molar-refractivity contribution in [3.8, 4) is 0 Å². The highest BCUT2D eigenvalue weighted by Gasteiger charge is 2.37. The third kappa shape index (κ3) is 2.05. The third-order valence-corrected chi connectivity index (χ3v) is 2.77. The summed E-state index contributed by atoms with van der Waals surface area (Å²) < 4.78 is 4.93. The Balaban J connectivity index is 2.33. The molecule has 0 bridgehead atoms. The predicted molar refractivity (Wildman–Crippen MR) is 60.0 cm³/mol. The molecule has 1 saturated heterocycles. The molecule has 1 aliphatic heterocycles. The van der Waals surface area contributed by atoms with Crippen molar-refractivity contribution in [2.24, 2.45) is 0 Å². The van der Waals surface area contributed by atoms with E-state index in [-0.39, 0.29) is 23.3 Å². The number of carbonyl (C=O) groups is 1. The summed E-state index contributed by atoms with van der Waals surface area (Å²) in [6.45, 7) is 2.05. The molecular formula is C9H9Cl2N3O2. The topological polar surface area (TPSA) is 55.3 Å². The van der Waals surface area contributed by atoms with E-state index in [2.05, 4.69) is 9.97 Å². The van der Waals surface area contributed by atoms with Gasteiger partial charge < -0.3 is 4.74 Å². The summed E-state index contributed by atoms with van der Waals surface area (Å²) >= 11 is 11.6. The van der Waals surface area contributed by atoms with E-state index in [4.69, 9.17) is 27.9 Å². The lowest BCUT2D eigenvalue weighted by Gasteiger charge is -2.21. The molecule has 7 heteroatoms. The van der Waals surface area contributed by atoms with Crippen LogP contribution in [0.25, 0.3) is 0 Å². The molecule has 1 aromatic heterocycles. The van der Waals surface area contributed by atoms with E-state index in [9.17, 15) is 4.79 Å². The fourth-order valence-corrected chi connectivity index (χ4v) is 1.83. The van der Waals surface area contributed by atoms with Gasteiger partial charge in [-0.15, -0.1) is 11.6 Å². The van der Waals surface area contributed by atoms with Crippen LogP contribution in [-0.4, -0.2) is 34.1 Å². The van der Waals surface area contributed by atoms with Crippen molar-refractivity contribution in [2.45, 2.75) is 18.3 Å². The Morgan fingerprint density at radius 3 is 3.06 bits per heavy atom. The third-order valence-electron chi connectivity index (χ3n) is 2.29. The zero-order valence-corrected chi connectivity index (χ0v) is 9.94. The van der Waals surface area contributed by atoms with Crippen LogP contribution in [0.2, 0.25) is 5.28 Å². The zero-order valence-electron chi connectivity index (χ0n) is 8.43. The average molecular weight is 262 g/mol. The second-order valence-electron chi connectivity index (χ2n) is 3.38. The van der Waals surface area contributed by atoms with Gasteiger partial charge in [-0.1, -0.05) is 0 Å². The Bertz CT molecular complexity index is 413. The molecule has 0 radical (unpaired) electrons. The summed E-state index contributed by atoms with van der Waals surface area (Å²) in [6, 6.07) is 1.35. The molecule has 1 aromatic rings. The molecule has 0 unspecified atom stereocenters. The first-order valence-electron chi connectivity index (χ1n) is 4.68. The number of aromatic nitrogens is 2. The number of nitrogens with zero attached hydrogens (tertiary/aromatic N) is 3. The molecule has 1 aliphatic rings. The van der Waals surface area contributed by atoms with E-state index >= 15 is 0 Å². The number of amides is 1. The SMILES string of the molecule is C[C@@H](Cl)[C@@H]1COC(=O)N1c1ccnc(Cl)n1. The van der Waals surface area contributed by atoms with Gasteiger partial charge in [-0.3, -0.25) is 4.90 Å². The standard InChI is InChI=1S/C9H9Cl2N3O2/c1-5(10)6-4-16-9(15)14(6)7-2-3-12-8(11)13-7/h2-3,5-6H,4H2,1H3/t5-,6+/m1/s1. The summed E-state index contributed by atoms with van der Waals surface area (Å²) in [5, 5.41) is -0.154. The van der Waals surface area contributed by atoms with Gasteiger partial charge in [-0.2, -0.15) is 0 Å². The molecule has 16 heavy (non-hydrogen) atoms. The first-order chi connectivity index (χ1) is 7.59. The number of rotatable bonds is 2. The maximum atomic E-state index is 11.5. The van der Waals surface area contributed by atoms with Crippen LogP contribution in [0.4, 0.5) is 10.6 Å². The van der Waals surface area contributed by atoms with Gasteiger partial charge in [0, 0.05) is 6.20 Å². The van der Waals surface area contributed by atoms with Crippen LogP contribution in [0.15, 0.2) is 12.3 Å². The van der Waals surface area contributed by atoms with Crippen molar-refractivity contribution in [1.82, 2.24) is 9.97 Å². The quantitative estimate of drug-likeness (QED) is 0.604. The maximum absolute atomic E-state index is 11.5. The van der Waals surface area contributed by atoms with Crippen molar-refractivity contribution >= 4 is 35.1 Å².